The standard InChI is InChI=1S/C13H20N4OS/c1-3-17-12-11(9(2)15-17)14-13(19)16(12)8-10-4-6-18-7-5-10/h10H,3-8H2,1-2H3,(H,14,19). The Labute approximate surface area is 117 Å². The van der Waals surface area contributed by atoms with Gasteiger partial charge in [0.05, 0.1) is 5.69 Å². The number of H-pyrrole nitrogens is 1. The highest BCUT2D eigenvalue weighted by atomic mass is 32.1. The van der Waals surface area contributed by atoms with Crippen LogP contribution in [-0.4, -0.2) is 32.5 Å². The van der Waals surface area contributed by atoms with E-state index >= 15 is 0 Å². The third-order valence-corrected chi connectivity index (χ3v) is 4.24. The zero-order valence-electron chi connectivity index (χ0n) is 11.5. The molecule has 0 atom stereocenters. The Bertz CT molecular complexity index is 633. The van der Waals surface area contributed by atoms with Crippen LogP contribution >= 0.6 is 12.2 Å². The average Bonchev–Trinajstić information content (AvgIpc) is 2.90. The van der Waals surface area contributed by atoms with Crippen molar-refractivity contribution in [3.8, 4) is 0 Å². The van der Waals surface area contributed by atoms with Crippen molar-refractivity contribution >= 4 is 23.4 Å². The second-order valence-electron chi connectivity index (χ2n) is 5.20. The molecule has 1 N–H and O–H groups in total. The molecule has 0 aromatic carbocycles. The van der Waals surface area contributed by atoms with Crippen LogP contribution in [0.4, 0.5) is 0 Å². The van der Waals surface area contributed by atoms with Crippen LogP contribution in [0.2, 0.25) is 0 Å². The number of imidazole rings is 1. The van der Waals surface area contributed by atoms with E-state index in [1.807, 2.05) is 11.6 Å². The molecule has 0 amide bonds. The third kappa shape index (κ3) is 2.23. The minimum atomic E-state index is 0.653. The number of nitrogens with one attached hydrogen (secondary N) is 1. The number of ether oxygens (including phenoxy) is 1. The maximum atomic E-state index is 5.48. The average molecular weight is 280 g/mol. The predicted octanol–water partition coefficient (Wildman–Crippen LogP) is 2.65. The van der Waals surface area contributed by atoms with Crippen LogP contribution in [0.3, 0.4) is 0 Å². The number of nitrogens with zero attached hydrogens (tertiary/aromatic N) is 3. The number of aromatic nitrogens is 4. The highest BCUT2D eigenvalue weighted by Gasteiger charge is 2.19. The number of aromatic amines is 1. The van der Waals surface area contributed by atoms with Crippen LogP contribution in [0.15, 0.2) is 0 Å². The van der Waals surface area contributed by atoms with Gasteiger partial charge in [0, 0.05) is 26.3 Å². The van der Waals surface area contributed by atoms with Gasteiger partial charge in [-0.25, -0.2) is 4.68 Å². The molecule has 0 unspecified atom stereocenters. The summed E-state index contributed by atoms with van der Waals surface area (Å²) in [6.45, 7) is 7.71. The molecule has 5 nitrogen and oxygen atoms in total. The minimum Gasteiger partial charge on any atom is -0.381 e. The summed E-state index contributed by atoms with van der Waals surface area (Å²) in [4.78, 5) is 3.30. The van der Waals surface area contributed by atoms with Crippen LogP contribution in [0.5, 0.6) is 0 Å². The van der Waals surface area contributed by atoms with E-state index in [-0.39, 0.29) is 0 Å². The van der Waals surface area contributed by atoms with Crippen molar-refractivity contribution in [2.45, 2.75) is 39.8 Å². The van der Waals surface area contributed by atoms with Gasteiger partial charge in [-0.05, 0) is 44.8 Å². The highest BCUT2D eigenvalue weighted by molar-refractivity contribution is 7.71. The third-order valence-electron chi connectivity index (χ3n) is 3.91. The van der Waals surface area contributed by atoms with Gasteiger partial charge < -0.3 is 14.3 Å². The minimum absolute atomic E-state index is 0.653. The fraction of sp³-hybridized carbons (Fsp3) is 0.692. The molecule has 1 fully saturated rings. The van der Waals surface area contributed by atoms with Crippen LogP contribution in [0.25, 0.3) is 11.2 Å². The van der Waals surface area contributed by atoms with E-state index < -0.39 is 0 Å². The van der Waals surface area contributed by atoms with Gasteiger partial charge in [-0.3, -0.25) is 0 Å². The van der Waals surface area contributed by atoms with Crippen molar-refractivity contribution in [2.24, 2.45) is 5.92 Å². The van der Waals surface area contributed by atoms with Crippen molar-refractivity contribution in [1.82, 2.24) is 19.3 Å². The molecular formula is C13H20N4OS. The second-order valence-corrected chi connectivity index (χ2v) is 5.58. The highest BCUT2D eigenvalue weighted by Crippen LogP contribution is 2.22. The molecule has 2 aromatic rings. The molecule has 1 aliphatic rings. The SMILES string of the molecule is CCn1nc(C)c2[nH]c(=S)n(CC3CCOCC3)c21. The van der Waals surface area contributed by atoms with Crippen LogP contribution in [0.1, 0.15) is 25.5 Å². The van der Waals surface area contributed by atoms with Crippen LogP contribution in [-0.2, 0) is 17.8 Å². The smallest absolute Gasteiger partial charge is 0.179 e. The summed E-state index contributed by atoms with van der Waals surface area (Å²) in [7, 11) is 0. The first-order valence-electron chi connectivity index (χ1n) is 6.94. The van der Waals surface area contributed by atoms with Gasteiger partial charge in [0.2, 0.25) is 0 Å². The molecule has 2 aromatic heterocycles. The molecule has 1 aliphatic heterocycles. The van der Waals surface area contributed by atoms with E-state index in [4.69, 9.17) is 17.0 Å². The van der Waals surface area contributed by atoms with Crippen molar-refractivity contribution in [1.29, 1.82) is 0 Å². The number of aryl methyl sites for hydroxylation is 2. The molecule has 3 rings (SSSR count). The normalized spacial score (nSPS) is 17.4. The zero-order valence-corrected chi connectivity index (χ0v) is 12.3. The molecule has 0 saturated carbocycles. The van der Waals surface area contributed by atoms with Gasteiger partial charge in [0.15, 0.2) is 10.4 Å². The van der Waals surface area contributed by atoms with E-state index in [1.54, 1.807) is 0 Å². The van der Waals surface area contributed by atoms with Gasteiger partial charge in [-0.1, -0.05) is 0 Å². The molecule has 0 aliphatic carbocycles. The Kier molecular flexibility index (Phi) is 3.45. The molecule has 0 radical (unpaired) electrons. The molecule has 6 heteroatoms. The lowest BCUT2D eigenvalue weighted by atomic mass is 10.0. The van der Waals surface area contributed by atoms with E-state index in [2.05, 4.69) is 21.6 Å². The summed E-state index contributed by atoms with van der Waals surface area (Å²) in [6, 6.07) is 0. The molecule has 19 heavy (non-hydrogen) atoms. The Morgan fingerprint density at radius 3 is 2.84 bits per heavy atom. The Balaban J connectivity index is 2.01. The summed E-state index contributed by atoms with van der Waals surface area (Å²) in [5.74, 6) is 0.653. The number of rotatable bonds is 3. The lowest BCUT2D eigenvalue weighted by Gasteiger charge is -2.22. The molecular weight excluding hydrogens is 260 g/mol. The van der Waals surface area contributed by atoms with E-state index in [1.165, 1.54) is 0 Å². The fourth-order valence-electron chi connectivity index (χ4n) is 2.84. The quantitative estimate of drug-likeness (QED) is 0.879. The second kappa shape index (κ2) is 5.09. The van der Waals surface area contributed by atoms with Crippen molar-refractivity contribution in [2.75, 3.05) is 13.2 Å². The van der Waals surface area contributed by atoms with Crippen LogP contribution < -0.4 is 0 Å². The van der Waals surface area contributed by atoms with Gasteiger partial charge >= 0.3 is 0 Å². The molecule has 104 valence electrons. The summed E-state index contributed by atoms with van der Waals surface area (Å²) in [5, 5.41) is 4.56. The lowest BCUT2D eigenvalue weighted by molar-refractivity contribution is 0.0614. The van der Waals surface area contributed by atoms with Crippen molar-refractivity contribution in [3.05, 3.63) is 10.5 Å². The maximum absolute atomic E-state index is 5.48. The Morgan fingerprint density at radius 1 is 1.42 bits per heavy atom. The molecule has 0 bridgehead atoms. The monoisotopic (exact) mass is 280 g/mol. The summed E-state index contributed by atoms with van der Waals surface area (Å²) < 4.78 is 10.5. The Morgan fingerprint density at radius 2 is 2.16 bits per heavy atom. The first-order chi connectivity index (χ1) is 9.20. The number of hydrogen-bond donors (Lipinski definition) is 1. The predicted molar refractivity (Wildman–Crippen MR) is 76.9 cm³/mol. The maximum Gasteiger partial charge on any atom is 0.179 e. The van der Waals surface area contributed by atoms with Gasteiger partial charge in [-0.15, -0.1) is 0 Å². The van der Waals surface area contributed by atoms with E-state index in [0.29, 0.717) is 5.92 Å². The summed E-state index contributed by atoms with van der Waals surface area (Å²) in [5.41, 5.74) is 3.24. The van der Waals surface area contributed by atoms with Gasteiger partial charge in [0.1, 0.15) is 5.52 Å². The summed E-state index contributed by atoms with van der Waals surface area (Å²) >= 11 is 5.48. The zero-order chi connectivity index (χ0) is 13.4. The topological polar surface area (TPSA) is 47.8 Å². The van der Waals surface area contributed by atoms with Gasteiger partial charge in [0.25, 0.3) is 0 Å². The first-order valence-corrected chi connectivity index (χ1v) is 7.35. The molecule has 3 heterocycles. The number of hydrogen-bond acceptors (Lipinski definition) is 3. The van der Waals surface area contributed by atoms with Crippen LogP contribution in [0, 0.1) is 17.6 Å². The fourth-order valence-corrected chi connectivity index (χ4v) is 3.10. The van der Waals surface area contributed by atoms with Crippen molar-refractivity contribution < 1.29 is 4.74 Å². The van der Waals surface area contributed by atoms with Crippen molar-refractivity contribution in [3.63, 3.8) is 0 Å². The summed E-state index contributed by atoms with van der Waals surface area (Å²) in [6.07, 6.45) is 2.24. The lowest BCUT2D eigenvalue weighted by Crippen LogP contribution is -2.21. The largest absolute Gasteiger partial charge is 0.381 e. The molecule has 1 saturated heterocycles. The van der Waals surface area contributed by atoms with E-state index in [9.17, 15) is 0 Å². The van der Waals surface area contributed by atoms with Gasteiger partial charge in [-0.2, -0.15) is 5.10 Å². The van der Waals surface area contributed by atoms with E-state index in [0.717, 1.165) is 60.8 Å². The first kappa shape index (κ1) is 12.9. The Hall–Kier alpha value is -1.14. The molecule has 0 spiro atoms. The number of fused-ring (bicyclic) bond motifs is 1.